The van der Waals surface area contributed by atoms with E-state index in [1.54, 1.807) is 6.92 Å². The predicted molar refractivity (Wildman–Crippen MR) is 104 cm³/mol. The van der Waals surface area contributed by atoms with Crippen molar-refractivity contribution in [2.75, 3.05) is 12.3 Å². The quantitative estimate of drug-likeness (QED) is 0.473. The molecule has 0 fully saturated rings. The number of rotatable bonds is 14. The Labute approximate surface area is 156 Å². The molecule has 1 aromatic rings. The van der Waals surface area contributed by atoms with Crippen LogP contribution in [0.1, 0.15) is 87.7 Å². The summed E-state index contributed by atoms with van der Waals surface area (Å²) in [7, 11) is -3.33. The van der Waals surface area contributed by atoms with Crippen LogP contribution in [0.25, 0.3) is 0 Å². The number of thiazole rings is 1. The molecule has 1 amide bonds. The summed E-state index contributed by atoms with van der Waals surface area (Å²) in [5.41, 5.74) is 0. The maximum Gasteiger partial charge on any atom is 0.263 e. The highest BCUT2D eigenvalue weighted by Gasteiger charge is 2.19. The van der Waals surface area contributed by atoms with E-state index < -0.39 is 9.84 Å². The maximum atomic E-state index is 12.0. The number of hydrogen-bond donors (Lipinski definition) is 1. The lowest BCUT2D eigenvalue weighted by atomic mass is 10.1. The van der Waals surface area contributed by atoms with E-state index in [0.717, 1.165) is 24.2 Å². The Morgan fingerprint density at radius 1 is 1.00 bits per heavy atom. The van der Waals surface area contributed by atoms with Crippen LogP contribution in [0.3, 0.4) is 0 Å². The summed E-state index contributed by atoms with van der Waals surface area (Å²) in [5.74, 6) is -0.230. The number of aromatic nitrogens is 1. The molecule has 0 spiro atoms. The fourth-order valence-electron chi connectivity index (χ4n) is 2.53. The first-order chi connectivity index (χ1) is 12.0. The maximum absolute atomic E-state index is 12.0. The van der Waals surface area contributed by atoms with Crippen molar-refractivity contribution in [2.24, 2.45) is 0 Å². The lowest BCUT2D eigenvalue weighted by Gasteiger charge is -2.04. The van der Waals surface area contributed by atoms with E-state index >= 15 is 0 Å². The van der Waals surface area contributed by atoms with Crippen LogP contribution in [0, 0.1) is 0 Å². The summed E-state index contributed by atoms with van der Waals surface area (Å²) in [6.07, 6.45) is 13.9. The summed E-state index contributed by atoms with van der Waals surface area (Å²) in [5, 5.41) is 2.84. The third-order valence-electron chi connectivity index (χ3n) is 4.17. The van der Waals surface area contributed by atoms with E-state index in [4.69, 9.17) is 0 Å². The molecule has 0 bridgehead atoms. The topological polar surface area (TPSA) is 76.1 Å². The normalized spacial score (nSPS) is 11.6. The third-order valence-corrected chi connectivity index (χ3v) is 7.37. The first-order valence-corrected chi connectivity index (χ1v) is 11.9. The average Bonchev–Trinajstić information content (AvgIpc) is 3.10. The minimum Gasteiger partial charge on any atom is -0.351 e. The molecule has 0 aromatic carbocycles. The summed E-state index contributed by atoms with van der Waals surface area (Å²) in [6, 6.07) is 0. The van der Waals surface area contributed by atoms with Gasteiger partial charge in [-0.3, -0.25) is 4.79 Å². The predicted octanol–water partition coefficient (Wildman–Crippen LogP) is 4.59. The van der Waals surface area contributed by atoms with E-state index in [0.29, 0.717) is 11.4 Å². The fraction of sp³-hybridized carbons (Fsp3) is 0.778. The zero-order chi connectivity index (χ0) is 18.5. The molecule has 1 N–H and O–H groups in total. The Kier molecular flexibility index (Phi) is 11.0. The largest absolute Gasteiger partial charge is 0.351 e. The minimum absolute atomic E-state index is 0.000175. The summed E-state index contributed by atoms with van der Waals surface area (Å²) < 4.78 is 23.5. The second-order valence-electron chi connectivity index (χ2n) is 6.33. The van der Waals surface area contributed by atoms with Gasteiger partial charge in [0.05, 0.1) is 11.9 Å². The molecular weight excluding hydrogens is 356 g/mol. The van der Waals surface area contributed by atoms with Crippen LogP contribution in [0.5, 0.6) is 0 Å². The molecule has 0 atom stereocenters. The summed E-state index contributed by atoms with van der Waals surface area (Å²) >= 11 is 0.944. The molecule has 0 aliphatic rings. The van der Waals surface area contributed by atoms with Crippen LogP contribution in [0.15, 0.2) is 10.5 Å². The van der Waals surface area contributed by atoms with Gasteiger partial charge in [-0.2, -0.15) is 0 Å². The second kappa shape index (κ2) is 12.4. The van der Waals surface area contributed by atoms with Crippen LogP contribution >= 0.6 is 11.3 Å². The second-order valence-corrected chi connectivity index (χ2v) is 9.81. The van der Waals surface area contributed by atoms with E-state index in [2.05, 4.69) is 17.2 Å². The Bertz CT molecular complexity index is 597. The highest BCUT2D eigenvalue weighted by atomic mass is 32.2. The molecule has 0 saturated heterocycles. The van der Waals surface area contributed by atoms with Gasteiger partial charge < -0.3 is 5.32 Å². The van der Waals surface area contributed by atoms with Crippen molar-refractivity contribution in [3.63, 3.8) is 0 Å². The first-order valence-electron chi connectivity index (χ1n) is 9.48. The van der Waals surface area contributed by atoms with Crippen molar-refractivity contribution in [1.82, 2.24) is 10.3 Å². The molecule has 0 radical (unpaired) electrons. The molecule has 1 heterocycles. The Morgan fingerprint density at radius 2 is 1.56 bits per heavy atom. The SMILES string of the molecule is CCCCCCCCCCCCNC(=O)c1cnc(S(=O)(=O)CC)s1. The van der Waals surface area contributed by atoms with Gasteiger partial charge in [0.15, 0.2) is 0 Å². The number of amides is 1. The highest BCUT2D eigenvalue weighted by molar-refractivity contribution is 7.93. The van der Waals surface area contributed by atoms with Gasteiger partial charge >= 0.3 is 0 Å². The van der Waals surface area contributed by atoms with Gasteiger partial charge in [0, 0.05) is 6.54 Å². The van der Waals surface area contributed by atoms with Crippen LogP contribution in [-0.2, 0) is 9.84 Å². The van der Waals surface area contributed by atoms with Gasteiger partial charge in [0.25, 0.3) is 5.91 Å². The van der Waals surface area contributed by atoms with Crippen LogP contribution in [0.4, 0.5) is 0 Å². The van der Waals surface area contributed by atoms with Crippen LogP contribution in [0.2, 0.25) is 0 Å². The molecule has 0 aliphatic heterocycles. The van der Waals surface area contributed by atoms with Crippen molar-refractivity contribution in [1.29, 1.82) is 0 Å². The highest BCUT2D eigenvalue weighted by Crippen LogP contribution is 2.19. The van der Waals surface area contributed by atoms with Gasteiger partial charge in [-0.15, -0.1) is 0 Å². The minimum atomic E-state index is -3.33. The zero-order valence-electron chi connectivity index (χ0n) is 15.6. The summed E-state index contributed by atoms with van der Waals surface area (Å²) in [6.45, 7) is 4.44. The molecule has 7 heteroatoms. The number of unbranched alkanes of at least 4 members (excludes halogenated alkanes) is 9. The number of nitrogens with one attached hydrogen (secondary N) is 1. The Morgan fingerprint density at radius 3 is 2.12 bits per heavy atom. The van der Waals surface area contributed by atoms with Crippen molar-refractivity contribution in [3.8, 4) is 0 Å². The van der Waals surface area contributed by atoms with E-state index in [1.807, 2.05) is 0 Å². The summed E-state index contributed by atoms with van der Waals surface area (Å²) in [4.78, 5) is 16.2. The lowest BCUT2D eigenvalue weighted by molar-refractivity contribution is 0.0956. The number of carbonyl (C=O) groups excluding carboxylic acids is 1. The van der Waals surface area contributed by atoms with Gasteiger partial charge in [-0.05, 0) is 6.42 Å². The van der Waals surface area contributed by atoms with Crippen LogP contribution < -0.4 is 5.32 Å². The molecule has 0 unspecified atom stereocenters. The monoisotopic (exact) mass is 388 g/mol. The molecule has 1 rings (SSSR count). The van der Waals surface area contributed by atoms with E-state index in [1.165, 1.54) is 57.6 Å². The molecule has 0 aliphatic carbocycles. The van der Waals surface area contributed by atoms with E-state index in [9.17, 15) is 13.2 Å². The van der Waals surface area contributed by atoms with Gasteiger partial charge in [0.1, 0.15) is 4.88 Å². The molecule has 0 saturated carbocycles. The van der Waals surface area contributed by atoms with Crippen molar-refractivity contribution >= 4 is 27.1 Å². The number of carbonyl (C=O) groups is 1. The van der Waals surface area contributed by atoms with Crippen LogP contribution in [-0.4, -0.2) is 31.6 Å². The number of hydrogen-bond acceptors (Lipinski definition) is 5. The molecule has 1 aromatic heterocycles. The van der Waals surface area contributed by atoms with Gasteiger partial charge in [0.2, 0.25) is 14.2 Å². The average molecular weight is 389 g/mol. The zero-order valence-corrected chi connectivity index (χ0v) is 17.2. The molecular formula is C18H32N2O3S2. The third kappa shape index (κ3) is 8.81. The van der Waals surface area contributed by atoms with E-state index in [-0.39, 0.29) is 16.0 Å². The van der Waals surface area contributed by atoms with Gasteiger partial charge in [-0.1, -0.05) is 83.0 Å². The van der Waals surface area contributed by atoms with Gasteiger partial charge in [-0.25, -0.2) is 13.4 Å². The molecule has 144 valence electrons. The fourth-order valence-corrected chi connectivity index (χ4v) is 4.69. The standard InChI is InChI=1S/C18H32N2O3S2/c1-3-5-6-7-8-9-10-11-12-13-14-19-17(21)16-15-20-18(24-16)25(22,23)4-2/h15H,3-14H2,1-2H3,(H,19,21). The Hall–Kier alpha value is -0.950. The smallest absolute Gasteiger partial charge is 0.263 e. The first kappa shape index (κ1) is 22.1. The molecule has 5 nitrogen and oxygen atoms in total. The Balaban J connectivity index is 2.10. The lowest BCUT2D eigenvalue weighted by Crippen LogP contribution is -2.23. The number of sulfone groups is 1. The van der Waals surface area contributed by atoms with Crippen molar-refractivity contribution in [3.05, 3.63) is 11.1 Å². The van der Waals surface area contributed by atoms with Crippen molar-refractivity contribution < 1.29 is 13.2 Å². The number of nitrogens with zero attached hydrogens (tertiary/aromatic N) is 1. The van der Waals surface area contributed by atoms with Crippen molar-refractivity contribution in [2.45, 2.75) is 82.4 Å². The molecule has 25 heavy (non-hydrogen) atoms.